The molecule has 3 aromatic carbocycles. The van der Waals surface area contributed by atoms with Crippen molar-refractivity contribution in [3.05, 3.63) is 101 Å². The summed E-state index contributed by atoms with van der Waals surface area (Å²) in [4.78, 5) is 2.42. The predicted octanol–water partition coefficient (Wildman–Crippen LogP) is 3.89. The number of rotatable bonds is 7. The van der Waals surface area contributed by atoms with Crippen LogP contribution >= 0.6 is 0 Å². The second-order valence-electron chi connectivity index (χ2n) is 8.18. The third kappa shape index (κ3) is 4.32. The minimum absolute atomic E-state index is 0.192. The Hall–Kier alpha value is -3.71. The molecule has 0 bridgehead atoms. The average Bonchev–Trinajstić information content (AvgIpc) is 3.32. The van der Waals surface area contributed by atoms with E-state index < -0.39 is 0 Å². The number of hydrogen-bond acceptors (Lipinski definition) is 6. The number of aromatic nitrogens is 4. The molecule has 0 N–H and O–H groups in total. The normalized spacial score (nSPS) is 14.5. The van der Waals surface area contributed by atoms with Crippen LogP contribution in [0, 0.1) is 0 Å². The van der Waals surface area contributed by atoms with Gasteiger partial charge in [-0.05, 0) is 51.7 Å². The van der Waals surface area contributed by atoms with Gasteiger partial charge in [-0.3, -0.25) is 4.90 Å². The van der Waals surface area contributed by atoms with Crippen molar-refractivity contribution in [2.45, 2.75) is 25.6 Å². The van der Waals surface area contributed by atoms with Gasteiger partial charge in [0.15, 0.2) is 5.82 Å². The van der Waals surface area contributed by atoms with E-state index in [1.807, 2.05) is 41.1 Å². The van der Waals surface area contributed by atoms with E-state index in [9.17, 15) is 0 Å². The molecule has 168 valence electrons. The number of nitrogens with zero attached hydrogens (tertiary/aromatic N) is 5. The van der Waals surface area contributed by atoms with Gasteiger partial charge in [0.2, 0.25) is 0 Å². The van der Waals surface area contributed by atoms with Crippen LogP contribution in [0.1, 0.15) is 34.1 Å². The van der Waals surface area contributed by atoms with Crippen molar-refractivity contribution >= 4 is 0 Å². The second-order valence-corrected chi connectivity index (χ2v) is 8.18. The highest BCUT2D eigenvalue weighted by atomic mass is 16.5. The molecule has 1 aromatic heterocycles. The van der Waals surface area contributed by atoms with Gasteiger partial charge in [-0.1, -0.05) is 54.6 Å². The van der Waals surface area contributed by atoms with Gasteiger partial charge in [0.1, 0.15) is 17.5 Å². The van der Waals surface area contributed by atoms with Crippen molar-refractivity contribution in [2.75, 3.05) is 20.8 Å². The number of tetrazole rings is 1. The molecule has 2 heterocycles. The van der Waals surface area contributed by atoms with E-state index >= 15 is 0 Å². The van der Waals surface area contributed by atoms with Crippen LogP contribution < -0.4 is 9.47 Å². The molecular formula is C26H27N5O2. The summed E-state index contributed by atoms with van der Waals surface area (Å²) in [6.45, 7) is 2.29. The zero-order chi connectivity index (χ0) is 22.6. The Morgan fingerprint density at radius 1 is 0.909 bits per heavy atom. The molecule has 0 radical (unpaired) electrons. The summed E-state index contributed by atoms with van der Waals surface area (Å²) >= 11 is 0. The molecule has 0 saturated carbocycles. The highest BCUT2D eigenvalue weighted by Crippen LogP contribution is 2.38. The molecule has 1 aliphatic heterocycles. The van der Waals surface area contributed by atoms with Gasteiger partial charge < -0.3 is 9.47 Å². The lowest BCUT2D eigenvalue weighted by molar-refractivity contribution is 0.191. The molecular weight excluding hydrogens is 414 g/mol. The topological polar surface area (TPSA) is 65.3 Å². The van der Waals surface area contributed by atoms with E-state index in [-0.39, 0.29) is 6.04 Å². The maximum Gasteiger partial charge on any atom is 0.173 e. The van der Waals surface area contributed by atoms with E-state index in [2.05, 4.69) is 56.8 Å². The summed E-state index contributed by atoms with van der Waals surface area (Å²) in [5, 5.41) is 12.9. The molecule has 7 heteroatoms. The maximum atomic E-state index is 5.78. The second kappa shape index (κ2) is 9.42. The summed E-state index contributed by atoms with van der Waals surface area (Å²) in [6.07, 6.45) is 0.971. The lowest BCUT2D eigenvalue weighted by atomic mass is 9.95. The Bertz CT molecular complexity index is 1220. The van der Waals surface area contributed by atoms with E-state index in [1.165, 1.54) is 11.1 Å². The Labute approximate surface area is 193 Å². The lowest BCUT2D eigenvalue weighted by Crippen LogP contribution is -2.36. The van der Waals surface area contributed by atoms with E-state index in [4.69, 9.17) is 9.47 Å². The van der Waals surface area contributed by atoms with Crippen LogP contribution in [0.4, 0.5) is 0 Å². The quantitative estimate of drug-likeness (QED) is 0.434. The number of ether oxygens (including phenoxy) is 2. The summed E-state index contributed by atoms with van der Waals surface area (Å²) < 4.78 is 13.2. The zero-order valence-electron chi connectivity index (χ0n) is 18.9. The van der Waals surface area contributed by atoms with Crippen molar-refractivity contribution in [3.8, 4) is 11.5 Å². The van der Waals surface area contributed by atoms with Crippen LogP contribution in [-0.2, 0) is 19.5 Å². The number of methoxy groups -OCH3 is 2. The molecule has 0 saturated heterocycles. The summed E-state index contributed by atoms with van der Waals surface area (Å²) in [5.74, 6) is 2.34. The molecule has 1 atom stereocenters. The van der Waals surface area contributed by atoms with Gasteiger partial charge >= 0.3 is 0 Å². The van der Waals surface area contributed by atoms with Crippen LogP contribution in [0.3, 0.4) is 0 Å². The molecule has 0 unspecified atom stereocenters. The van der Waals surface area contributed by atoms with Gasteiger partial charge in [-0.2, -0.15) is 0 Å². The van der Waals surface area contributed by atoms with Crippen molar-refractivity contribution in [2.24, 2.45) is 0 Å². The Morgan fingerprint density at radius 2 is 1.70 bits per heavy atom. The Morgan fingerprint density at radius 3 is 2.48 bits per heavy atom. The Balaban J connectivity index is 1.60. The number of fused-ring (bicyclic) bond motifs is 1. The molecule has 5 rings (SSSR count). The third-order valence-electron chi connectivity index (χ3n) is 6.24. The molecule has 0 aliphatic carbocycles. The minimum Gasteiger partial charge on any atom is -0.497 e. The summed E-state index contributed by atoms with van der Waals surface area (Å²) in [7, 11) is 3.37. The molecule has 0 spiro atoms. The SMILES string of the molecule is COc1ccc(OC)c([C@@H](c2nnnn2Cc2ccccc2)N2CCc3ccccc3C2)c1. The molecule has 7 nitrogen and oxygen atoms in total. The minimum atomic E-state index is -0.192. The van der Waals surface area contributed by atoms with E-state index in [0.29, 0.717) is 6.54 Å². The predicted molar refractivity (Wildman–Crippen MR) is 125 cm³/mol. The van der Waals surface area contributed by atoms with Crippen molar-refractivity contribution in [1.82, 2.24) is 25.1 Å². The largest absolute Gasteiger partial charge is 0.497 e. The van der Waals surface area contributed by atoms with Crippen molar-refractivity contribution in [1.29, 1.82) is 0 Å². The highest BCUT2D eigenvalue weighted by molar-refractivity contribution is 5.45. The van der Waals surface area contributed by atoms with Gasteiger partial charge in [0.05, 0.1) is 20.8 Å². The van der Waals surface area contributed by atoms with Gasteiger partial charge in [-0.15, -0.1) is 5.10 Å². The van der Waals surface area contributed by atoms with E-state index in [1.54, 1.807) is 14.2 Å². The smallest absolute Gasteiger partial charge is 0.173 e. The van der Waals surface area contributed by atoms with Crippen molar-refractivity contribution in [3.63, 3.8) is 0 Å². The molecule has 0 fully saturated rings. The molecule has 1 aliphatic rings. The van der Waals surface area contributed by atoms with Crippen LogP contribution in [0.25, 0.3) is 0 Å². The van der Waals surface area contributed by atoms with Gasteiger partial charge in [0.25, 0.3) is 0 Å². The molecule has 0 amide bonds. The number of hydrogen-bond donors (Lipinski definition) is 0. The first-order valence-corrected chi connectivity index (χ1v) is 11.1. The van der Waals surface area contributed by atoms with Crippen LogP contribution in [-0.4, -0.2) is 45.9 Å². The van der Waals surface area contributed by atoms with Gasteiger partial charge in [-0.25, -0.2) is 4.68 Å². The van der Waals surface area contributed by atoms with Crippen molar-refractivity contribution < 1.29 is 9.47 Å². The third-order valence-corrected chi connectivity index (χ3v) is 6.24. The fraction of sp³-hybridized carbons (Fsp3) is 0.269. The first kappa shape index (κ1) is 21.2. The van der Waals surface area contributed by atoms with Crippen LogP contribution in [0.5, 0.6) is 11.5 Å². The fourth-order valence-corrected chi connectivity index (χ4v) is 4.57. The lowest BCUT2D eigenvalue weighted by Gasteiger charge is -2.35. The Kier molecular flexibility index (Phi) is 6.04. The monoisotopic (exact) mass is 441 g/mol. The highest BCUT2D eigenvalue weighted by Gasteiger charge is 2.33. The first-order valence-electron chi connectivity index (χ1n) is 11.1. The zero-order valence-corrected chi connectivity index (χ0v) is 18.9. The van der Waals surface area contributed by atoms with Gasteiger partial charge in [0, 0.05) is 18.7 Å². The maximum absolute atomic E-state index is 5.78. The van der Waals surface area contributed by atoms with E-state index in [0.717, 1.165) is 48.0 Å². The molecule has 4 aromatic rings. The van der Waals surface area contributed by atoms with Crippen LogP contribution in [0.15, 0.2) is 72.8 Å². The number of benzene rings is 3. The summed E-state index contributed by atoms with van der Waals surface area (Å²) in [5.41, 5.74) is 4.86. The molecule has 33 heavy (non-hydrogen) atoms. The average molecular weight is 442 g/mol. The van der Waals surface area contributed by atoms with Crippen LogP contribution in [0.2, 0.25) is 0 Å². The fourth-order valence-electron chi connectivity index (χ4n) is 4.57. The standard InChI is InChI=1S/C26H27N5O2/c1-32-22-12-13-24(33-2)23(16-22)25(30-15-14-20-10-6-7-11-21(20)18-30)26-27-28-29-31(26)17-19-8-4-3-5-9-19/h3-13,16,25H,14-15,17-18H2,1-2H3/t25-/m0/s1. The summed E-state index contributed by atoms with van der Waals surface area (Å²) in [6, 6.07) is 24.6. The first-order chi connectivity index (χ1) is 16.3.